The zero-order valence-electron chi connectivity index (χ0n) is 10.5. The SMILES string of the molecule is C/C=C/c1ccccc1Oc1nccc(CO)c1F. The summed E-state index contributed by atoms with van der Waals surface area (Å²) in [4.78, 5) is 3.85. The monoisotopic (exact) mass is 259 g/mol. The molecule has 0 unspecified atom stereocenters. The van der Waals surface area contributed by atoms with E-state index in [1.54, 1.807) is 12.1 Å². The molecule has 2 aromatic rings. The van der Waals surface area contributed by atoms with Crippen molar-refractivity contribution < 1.29 is 14.2 Å². The van der Waals surface area contributed by atoms with Gasteiger partial charge in [-0.25, -0.2) is 9.37 Å². The third-order valence-corrected chi connectivity index (χ3v) is 2.58. The Morgan fingerprint density at radius 2 is 2.11 bits per heavy atom. The topological polar surface area (TPSA) is 42.4 Å². The quantitative estimate of drug-likeness (QED) is 0.913. The Morgan fingerprint density at radius 1 is 1.32 bits per heavy atom. The first-order valence-electron chi connectivity index (χ1n) is 5.90. The van der Waals surface area contributed by atoms with Crippen LogP contribution in [0.25, 0.3) is 6.08 Å². The fourth-order valence-corrected chi connectivity index (χ4v) is 1.65. The van der Waals surface area contributed by atoms with Crippen LogP contribution in [0.15, 0.2) is 42.6 Å². The minimum atomic E-state index is -0.639. The van der Waals surface area contributed by atoms with Crippen LogP contribution in [0.5, 0.6) is 11.6 Å². The van der Waals surface area contributed by atoms with Gasteiger partial charge in [0.05, 0.1) is 6.61 Å². The third kappa shape index (κ3) is 2.98. The second kappa shape index (κ2) is 6.11. The Bertz CT molecular complexity index is 596. The van der Waals surface area contributed by atoms with Gasteiger partial charge >= 0.3 is 0 Å². The van der Waals surface area contributed by atoms with Gasteiger partial charge in [0.15, 0.2) is 5.82 Å². The highest BCUT2D eigenvalue weighted by Gasteiger charge is 2.12. The van der Waals surface area contributed by atoms with Gasteiger partial charge in [-0.15, -0.1) is 0 Å². The van der Waals surface area contributed by atoms with Gasteiger partial charge < -0.3 is 9.84 Å². The van der Waals surface area contributed by atoms with Crippen molar-refractivity contribution in [2.24, 2.45) is 0 Å². The average Bonchev–Trinajstić information content (AvgIpc) is 2.43. The molecule has 1 aromatic heterocycles. The van der Waals surface area contributed by atoms with Crippen LogP contribution in [0.1, 0.15) is 18.1 Å². The molecule has 0 fully saturated rings. The molecule has 98 valence electrons. The molecule has 0 aliphatic carbocycles. The number of allylic oxidation sites excluding steroid dienone is 1. The number of aromatic nitrogens is 1. The van der Waals surface area contributed by atoms with E-state index < -0.39 is 5.82 Å². The minimum absolute atomic E-state index is 0.136. The maximum Gasteiger partial charge on any atom is 0.256 e. The molecular formula is C15H14FNO2. The second-order valence-electron chi connectivity index (χ2n) is 3.89. The van der Waals surface area contributed by atoms with Crippen LogP contribution in [-0.2, 0) is 6.61 Å². The predicted molar refractivity (Wildman–Crippen MR) is 71.3 cm³/mol. The number of aliphatic hydroxyl groups is 1. The van der Waals surface area contributed by atoms with E-state index >= 15 is 0 Å². The number of hydrogen-bond donors (Lipinski definition) is 1. The van der Waals surface area contributed by atoms with Crippen LogP contribution >= 0.6 is 0 Å². The molecule has 0 saturated heterocycles. The van der Waals surface area contributed by atoms with E-state index in [-0.39, 0.29) is 18.1 Å². The van der Waals surface area contributed by atoms with Crippen molar-refractivity contribution in [3.8, 4) is 11.6 Å². The number of pyridine rings is 1. The molecule has 1 N–H and O–H groups in total. The zero-order chi connectivity index (χ0) is 13.7. The Morgan fingerprint density at radius 3 is 2.84 bits per heavy atom. The van der Waals surface area contributed by atoms with Crippen molar-refractivity contribution in [3.63, 3.8) is 0 Å². The lowest BCUT2D eigenvalue weighted by molar-refractivity contribution is 0.273. The summed E-state index contributed by atoms with van der Waals surface area (Å²) in [5.74, 6) is -0.258. The summed E-state index contributed by atoms with van der Waals surface area (Å²) in [5.41, 5.74) is 0.995. The average molecular weight is 259 g/mol. The van der Waals surface area contributed by atoms with E-state index in [4.69, 9.17) is 9.84 Å². The van der Waals surface area contributed by atoms with Crippen LogP contribution in [0.4, 0.5) is 4.39 Å². The van der Waals surface area contributed by atoms with Crippen molar-refractivity contribution in [2.75, 3.05) is 0 Å². The summed E-state index contributed by atoms with van der Waals surface area (Å²) >= 11 is 0. The van der Waals surface area contributed by atoms with E-state index in [1.807, 2.05) is 31.2 Å². The maximum absolute atomic E-state index is 13.9. The molecule has 0 spiro atoms. The number of nitrogens with zero attached hydrogens (tertiary/aromatic N) is 1. The summed E-state index contributed by atoms with van der Waals surface area (Å²) in [5, 5.41) is 9.01. The molecule has 1 heterocycles. The highest BCUT2D eigenvalue weighted by atomic mass is 19.1. The Kier molecular flexibility index (Phi) is 4.26. The number of hydrogen-bond acceptors (Lipinski definition) is 3. The van der Waals surface area contributed by atoms with E-state index in [1.165, 1.54) is 12.3 Å². The third-order valence-electron chi connectivity index (χ3n) is 2.58. The molecule has 4 heteroatoms. The zero-order valence-corrected chi connectivity index (χ0v) is 10.5. The summed E-state index contributed by atoms with van der Waals surface area (Å²) in [6.07, 6.45) is 5.14. The van der Waals surface area contributed by atoms with Crippen molar-refractivity contribution in [1.82, 2.24) is 4.98 Å². The van der Waals surface area contributed by atoms with Crippen LogP contribution in [0, 0.1) is 5.82 Å². The van der Waals surface area contributed by atoms with Gasteiger partial charge in [-0.3, -0.25) is 0 Å². The number of aliphatic hydroxyl groups excluding tert-OH is 1. The first kappa shape index (κ1) is 13.2. The molecule has 1 aromatic carbocycles. The van der Waals surface area contributed by atoms with Crippen molar-refractivity contribution in [1.29, 1.82) is 0 Å². The minimum Gasteiger partial charge on any atom is -0.436 e. The maximum atomic E-state index is 13.9. The van der Waals surface area contributed by atoms with Gasteiger partial charge in [0.1, 0.15) is 5.75 Å². The molecule has 0 bridgehead atoms. The normalized spacial score (nSPS) is 10.9. The van der Waals surface area contributed by atoms with E-state index in [0.29, 0.717) is 5.75 Å². The second-order valence-corrected chi connectivity index (χ2v) is 3.89. The summed E-state index contributed by atoms with van der Waals surface area (Å²) in [7, 11) is 0. The number of halogens is 1. The van der Waals surface area contributed by atoms with Gasteiger partial charge in [0.2, 0.25) is 0 Å². The summed E-state index contributed by atoms with van der Waals surface area (Å²) in [6, 6.07) is 8.69. The molecule has 2 rings (SSSR count). The van der Waals surface area contributed by atoms with Gasteiger partial charge in [-0.1, -0.05) is 30.4 Å². The number of para-hydroxylation sites is 1. The Balaban J connectivity index is 2.36. The lowest BCUT2D eigenvalue weighted by Gasteiger charge is -2.09. The molecule has 0 atom stereocenters. The lowest BCUT2D eigenvalue weighted by Crippen LogP contribution is -1.98. The van der Waals surface area contributed by atoms with Crippen molar-refractivity contribution >= 4 is 6.08 Å². The van der Waals surface area contributed by atoms with Crippen LogP contribution in [0.3, 0.4) is 0 Å². The largest absolute Gasteiger partial charge is 0.436 e. The number of ether oxygens (including phenoxy) is 1. The van der Waals surface area contributed by atoms with Crippen LogP contribution in [-0.4, -0.2) is 10.1 Å². The molecule has 0 aliphatic rings. The molecule has 0 radical (unpaired) electrons. The van der Waals surface area contributed by atoms with E-state index in [9.17, 15) is 4.39 Å². The molecular weight excluding hydrogens is 245 g/mol. The number of benzene rings is 1. The smallest absolute Gasteiger partial charge is 0.256 e. The fourth-order valence-electron chi connectivity index (χ4n) is 1.65. The first-order chi connectivity index (χ1) is 9.26. The predicted octanol–water partition coefficient (Wildman–Crippen LogP) is 3.54. The van der Waals surface area contributed by atoms with E-state index in [2.05, 4.69) is 4.98 Å². The van der Waals surface area contributed by atoms with Crippen molar-refractivity contribution in [2.45, 2.75) is 13.5 Å². The molecule has 0 saturated carbocycles. The Hall–Kier alpha value is -2.20. The highest BCUT2D eigenvalue weighted by molar-refractivity contribution is 5.57. The van der Waals surface area contributed by atoms with Crippen molar-refractivity contribution in [3.05, 3.63) is 59.5 Å². The molecule has 19 heavy (non-hydrogen) atoms. The summed E-state index contributed by atoms with van der Waals surface area (Å²) < 4.78 is 19.4. The molecule has 0 aliphatic heterocycles. The van der Waals surface area contributed by atoms with Gasteiger partial charge in [-0.05, 0) is 19.1 Å². The lowest BCUT2D eigenvalue weighted by atomic mass is 10.2. The highest BCUT2D eigenvalue weighted by Crippen LogP contribution is 2.27. The van der Waals surface area contributed by atoms with Gasteiger partial charge in [-0.2, -0.15) is 0 Å². The van der Waals surface area contributed by atoms with Gasteiger partial charge in [0, 0.05) is 17.3 Å². The summed E-state index contributed by atoms with van der Waals surface area (Å²) in [6.45, 7) is 1.50. The van der Waals surface area contributed by atoms with Gasteiger partial charge in [0.25, 0.3) is 5.88 Å². The Labute approximate surface area is 111 Å². The first-order valence-corrected chi connectivity index (χ1v) is 5.90. The number of rotatable bonds is 4. The van der Waals surface area contributed by atoms with Crippen LogP contribution in [0.2, 0.25) is 0 Å². The standard InChI is InChI=1S/C15H14FNO2/c1-2-5-11-6-3-4-7-13(11)19-15-14(16)12(10-18)8-9-17-15/h2-9,18H,10H2,1H3/b5-2+. The molecule has 0 amide bonds. The fraction of sp³-hybridized carbons (Fsp3) is 0.133. The van der Waals surface area contributed by atoms with E-state index in [0.717, 1.165) is 5.56 Å². The van der Waals surface area contributed by atoms with Crippen LogP contribution < -0.4 is 4.74 Å². The molecule has 3 nitrogen and oxygen atoms in total.